The van der Waals surface area contributed by atoms with Gasteiger partial charge in [-0.05, 0) is 25.0 Å². The summed E-state index contributed by atoms with van der Waals surface area (Å²) >= 11 is 0. The van der Waals surface area contributed by atoms with E-state index in [2.05, 4.69) is 24.5 Å². The lowest BCUT2D eigenvalue weighted by molar-refractivity contribution is -0.132. The van der Waals surface area contributed by atoms with Crippen LogP contribution in [0.3, 0.4) is 0 Å². The molecule has 102 valence electrons. The molecule has 0 unspecified atom stereocenters. The van der Waals surface area contributed by atoms with Crippen LogP contribution in [0.1, 0.15) is 51.6 Å². The lowest BCUT2D eigenvalue weighted by atomic mass is 10.2. The SMILES string of the molecule is CCCCCC(=O)N(CCC)Cc1cccn1C. The van der Waals surface area contributed by atoms with Crippen molar-refractivity contribution in [3.8, 4) is 0 Å². The molecular formula is C15H26N2O. The van der Waals surface area contributed by atoms with Crippen molar-refractivity contribution in [2.75, 3.05) is 6.54 Å². The number of amides is 1. The second-order valence-electron chi connectivity index (χ2n) is 4.88. The summed E-state index contributed by atoms with van der Waals surface area (Å²) < 4.78 is 2.09. The summed E-state index contributed by atoms with van der Waals surface area (Å²) in [5, 5.41) is 0. The first kappa shape index (κ1) is 14.8. The molecule has 0 saturated heterocycles. The number of carbonyl (C=O) groups excluding carboxylic acids is 1. The van der Waals surface area contributed by atoms with Crippen LogP contribution in [-0.4, -0.2) is 21.9 Å². The highest BCUT2D eigenvalue weighted by Crippen LogP contribution is 2.09. The fraction of sp³-hybridized carbons (Fsp3) is 0.667. The van der Waals surface area contributed by atoms with Gasteiger partial charge in [-0.15, -0.1) is 0 Å². The van der Waals surface area contributed by atoms with Crippen LogP contribution in [0.25, 0.3) is 0 Å². The first-order valence-electron chi connectivity index (χ1n) is 7.07. The topological polar surface area (TPSA) is 25.2 Å². The van der Waals surface area contributed by atoms with Gasteiger partial charge >= 0.3 is 0 Å². The van der Waals surface area contributed by atoms with Crippen LogP contribution >= 0.6 is 0 Å². The molecule has 3 nitrogen and oxygen atoms in total. The van der Waals surface area contributed by atoms with Crippen LogP contribution < -0.4 is 0 Å². The zero-order valence-electron chi connectivity index (χ0n) is 12.0. The van der Waals surface area contributed by atoms with Gasteiger partial charge in [-0.3, -0.25) is 4.79 Å². The summed E-state index contributed by atoms with van der Waals surface area (Å²) in [7, 11) is 2.03. The quantitative estimate of drug-likeness (QED) is 0.650. The van der Waals surface area contributed by atoms with E-state index >= 15 is 0 Å². The maximum absolute atomic E-state index is 12.2. The average molecular weight is 250 g/mol. The van der Waals surface area contributed by atoms with Crippen molar-refractivity contribution in [3.63, 3.8) is 0 Å². The van der Waals surface area contributed by atoms with Gasteiger partial charge in [0.2, 0.25) is 5.91 Å². The van der Waals surface area contributed by atoms with Gasteiger partial charge in [-0.25, -0.2) is 0 Å². The number of aromatic nitrogens is 1. The highest BCUT2D eigenvalue weighted by Gasteiger charge is 2.13. The summed E-state index contributed by atoms with van der Waals surface area (Å²) in [5.74, 6) is 0.298. The molecule has 1 rings (SSSR count). The van der Waals surface area contributed by atoms with E-state index in [1.54, 1.807) is 0 Å². The molecule has 0 aliphatic carbocycles. The molecule has 0 radical (unpaired) electrons. The van der Waals surface area contributed by atoms with E-state index < -0.39 is 0 Å². The van der Waals surface area contributed by atoms with Gasteiger partial charge < -0.3 is 9.47 Å². The van der Waals surface area contributed by atoms with Gasteiger partial charge in [0.1, 0.15) is 0 Å². The molecule has 1 aromatic heterocycles. The predicted molar refractivity (Wildman–Crippen MR) is 75.3 cm³/mol. The lowest BCUT2D eigenvalue weighted by Crippen LogP contribution is -2.31. The van der Waals surface area contributed by atoms with E-state index in [4.69, 9.17) is 0 Å². The van der Waals surface area contributed by atoms with Gasteiger partial charge in [0.05, 0.1) is 6.54 Å². The molecule has 1 aromatic rings. The van der Waals surface area contributed by atoms with Crippen molar-refractivity contribution < 1.29 is 4.79 Å². The fourth-order valence-electron chi connectivity index (χ4n) is 2.10. The standard InChI is InChI=1S/C15H26N2O/c1-4-6-7-10-15(18)17(11-5-2)13-14-9-8-12-16(14)3/h8-9,12H,4-7,10-11,13H2,1-3H3. The normalized spacial score (nSPS) is 10.6. The fourth-order valence-corrected chi connectivity index (χ4v) is 2.10. The number of aryl methyl sites for hydroxylation is 1. The Kier molecular flexibility index (Phi) is 6.55. The molecule has 0 saturated carbocycles. The van der Waals surface area contributed by atoms with E-state index in [9.17, 15) is 4.79 Å². The summed E-state index contributed by atoms with van der Waals surface area (Å²) in [4.78, 5) is 14.2. The molecule has 1 amide bonds. The Labute approximate surface area is 111 Å². The largest absolute Gasteiger partial charge is 0.353 e. The minimum Gasteiger partial charge on any atom is -0.353 e. The molecule has 0 fully saturated rings. The van der Waals surface area contributed by atoms with Crippen LogP contribution in [0.2, 0.25) is 0 Å². The van der Waals surface area contributed by atoms with E-state index in [1.165, 1.54) is 12.1 Å². The number of hydrogen-bond donors (Lipinski definition) is 0. The third-order valence-corrected chi connectivity index (χ3v) is 3.24. The molecule has 1 heterocycles. The van der Waals surface area contributed by atoms with E-state index in [1.807, 2.05) is 24.2 Å². The van der Waals surface area contributed by atoms with Gasteiger partial charge in [0.25, 0.3) is 0 Å². The molecule has 18 heavy (non-hydrogen) atoms. The third kappa shape index (κ3) is 4.55. The van der Waals surface area contributed by atoms with E-state index in [0.29, 0.717) is 12.3 Å². The molecule has 0 aromatic carbocycles. The van der Waals surface area contributed by atoms with Crippen LogP contribution in [0.4, 0.5) is 0 Å². The van der Waals surface area contributed by atoms with Crippen LogP contribution in [0.5, 0.6) is 0 Å². The Bertz CT molecular complexity index is 357. The lowest BCUT2D eigenvalue weighted by Gasteiger charge is -2.22. The Hall–Kier alpha value is -1.25. The zero-order valence-corrected chi connectivity index (χ0v) is 12.0. The van der Waals surface area contributed by atoms with Crippen molar-refractivity contribution in [2.24, 2.45) is 7.05 Å². The van der Waals surface area contributed by atoms with Crippen LogP contribution in [0, 0.1) is 0 Å². The second-order valence-corrected chi connectivity index (χ2v) is 4.88. The first-order valence-corrected chi connectivity index (χ1v) is 7.07. The number of hydrogen-bond acceptors (Lipinski definition) is 1. The summed E-state index contributed by atoms with van der Waals surface area (Å²) in [5.41, 5.74) is 1.20. The maximum atomic E-state index is 12.2. The molecular weight excluding hydrogens is 224 g/mol. The Morgan fingerprint density at radius 1 is 1.28 bits per heavy atom. The Morgan fingerprint density at radius 2 is 2.06 bits per heavy atom. The van der Waals surface area contributed by atoms with Gasteiger partial charge in [0.15, 0.2) is 0 Å². The van der Waals surface area contributed by atoms with Gasteiger partial charge in [0, 0.05) is 31.9 Å². The Morgan fingerprint density at radius 3 is 2.61 bits per heavy atom. The molecule has 3 heteroatoms. The van der Waals surface area contributed by atoms with Crippen molar-refractivity contribution in [2.45, 2.75) is 52.5 Å². The number of rotatable bonds is 8. The summed E-state index contributed by atoms with van der Waals surface area (Å²) in [6.45, 7) is 5.88. The van der Waals surface area contributed by atoms with Crippen LogP contribution in [-0.2, 0) is 18.4 Å². The molecule has 0 atom stereocenters. The van der Waals surface area contributed by atoms with Crippen LogP contribution in [0.15, 0.2) is 18.3 Å². The molecule has 0 aliphatic heterocycles. The third-order valence-electron chi connectivity index (χ3n) is 3.24. The average Bonchev–Trinajstić information content (AvgIpc) is 2.75. The zero-order chi connectivity index (χ0) is 13.4. The monoisotopic (exact) mass is 250 g/mol. The first-order chi connectivity index (χ1) is 8.69. The summed E-state index contributed by atoms with van der Waals surface area (Å²) in [6, 6.07) is 4.11. The highest BCUT2D eigenvalue weighted by atomic mass is 16.2. The molecule has 0 spiro atoms. The minimum absolute atomic E-state index is 0.298. The molecule has 0 aliphatic rings. The molecule has 0 N–H and O–H groups in total. The van der Waals surface area contributed by atoms with E-state index in [-0.39, 0.29) is 0 Å². The van der Waals surface area contributed by atoms with Crippen molar-refractivity contribution in [1.82, 2.24) is 9.47 Å². The maximum Gasteiger partial charge on any atom is 0.222 e. The van der Waals surface area contributed by atoms with Gasteiger partial charge in [-0.2, -0.15) is 0 Å². The van der Waals surface area contributed by atoms with Gasteiger partial charge in [-0.1, -0.05) is 26.7 Å². The number of unbranched alkanes of at least 4 members (excludes halogenated alkanes) is 2. The second kappa shape index (κ2) is 7.96. The number of nitrogens with zero attached hydrogens (tertiary/aromatic N) is 2. The smallest absolute Gasteiger partial charge is 0.222 e. The van der Waals surface area contributed by atoms with E-state index in [0.717, 1.165) is 32.4 Å². The Balaban J connectivity index is 2.53. The predicted octanol–water partition coefficient (Wildman–Crippen LogP) is 3.34. The number of carbonyl (C=O) groups is 1. The minimum atomic E-state index is 0.298. The van der Waals surface area contributed by atoms with Crippen molar-refractivity contribution in [1.29, 1.82) is 0 Å². The molecule has 0 bridgehead atoms. The van der Waals surface area contributed by atoms with Crippen molar-refractivity contribution >= 4 is 5.91 Å². The highest BCUT2D eigenvalue weighted by molar-refractivity contribution is 5.76. The van der Waals surface area contributed by atoms with Crippen molar-refractivity contribution in [3.05, 3.63) is 24.0 Å². The summed E-state index contributed by atoms with van der Waals surface area (Å²) in [6.07, 6.45) is 7.07.